The number of carbonyl (C=O) groups excluding carboxylic acids is 1. The third-order valence-corrected chi connectivity index (χ3v) is 3.42. The zero-order valence-corrected chi connectivity index (χ0v) is 12.0. The molecular weight excluding hydrogens is 250 g/mol. The Morgan fingerprint density at radius 1 is 1.30 bits per heavy atom. The third kappa shape index (κ3) is 3.14. The standard InChI is InChI=1S/C16H21N3O/c1-3-19(11-12(2)10-17)16(20)15-9-8-13-6-4-5-7-14(13)18-15/h4-9,12H,3,10-11,17H2,1-2H3. The van der Waals surface area contributed by atoms with Gasteiger partial charge in [-0.25, -0.2) is 4.98 Å². The molecule has 0 bridgehead atoms. The number of rotatable bonds is 5. The Kier molecular flexibility index (Phi) is 4.69. The molecule has 2 aromatic rings. The summed E-state index contributed by atoms with van der Waals surface area (Å²) in [5.41, 5.74) is 6.98. The van der Waals surface area contributed by atoms with Gasteiger partial charge in [-0.2, -0.15) is 0 Å². The van der Waals surface area contributed by atoms with Crippen molar-refractivity contribution in [2.45, 2.75) is 13.8 Å². The minimum atomic E-state index is -0.0291. The Hall–Kier alpha value is -1.94. The molecule has 0 spiro atoms. The van der Waals surface area contributed by atoms with Gasteiger partial charge in [-0.05, 0) is 31.5 Å². The fraction of sp³-hybridized carbons (Fsp3) is 0.375. The number of fused-ring (bicyclic) bond motifs is 1. The predicted octanol–water partition coefficient (Wildman–Crippen LogP) is 2.29. The molecule has 0 saturated heterocycles. The maximum absolute atomic E-state index is 12.5. The normalized spacial score (nSPS) is 12.3. The number of hydrogen-bond acceptors (Lipinski definition) is 3. The lowest BCUT2D eigenvalue weighted by Gasteiger charge is -2.23. The first-order valence-corrected chi connectivity index (χ1v) is 7.00. The molecule has 1 heterocycles. The van der Waals surface area contributed by atoms with Gasteiger partial charge in [0.05, 0.1) is 5.52 Å². The van der Waals surface area contributed by atoms with E-state index in [1.54, 1.807) is 11.0 Å². The Morgan fingerprint density at radius 2 is 2.05 bits per heavy atom. The summed E-state index contributed by atoms with van der Waals surface area (Å²) in [5, 5.41) is 1.04. The molecule has 0 fully saturated rings. The van der Waals surface area contributed by atoms with Gasteiger partial charge in [-0.1, -0.05) is 31.2 Å². The van der Waals surface area contributed by atoms with Crippen LogP contribution in [0.2, 0.25) is 0 Å². The highest BCUT2D eigenvalue weighted by molar-refractivity contribution is 5.94. The van der Waals surface area contributed by atoms with Crippen LogP contribution in [0.5, 0.6) is 0 Å². The molecule has 1 aromatic heterocycles. The average Bonchev–Trinajstić information content (AvgIpc) is 2.51. The molecule has 4 heteroatoms. The summed E-state index contributed by atoms with van der Waals surface area (Å²) in [5.74, 6) is 0.262. The summed E-state index contributed by atoms with van der Waals surface area (Å²) in [6, 6.07) is 11.5. The lowest BCUT2D eigenvalue weighted by atomic mass is 10.1. The van der Waals surface area contributed by atoms with Gasteiger partial charge in [0.2, 0.25) is 0 Å². The number of carbonyl (C=O) groups is 1. The van der Waals surface area contributed by atoms with Crippen molar-refractivity contribution in [3.05, 3.63) is 42.1 Å². The van der Waals surface area contributed by atoms with E-state index in [1.807, 2.05) is 44.2 Å². The van der Waals surface area contributed by atoms with E-state index in [0.717, 1.165) is 10.9 Å². The van der Waals surface area contributed by atoms with Gasteiger partial charge in [0.1, 0.15) is 5.69 Å². The maximum Gasteiger partial charge on any atom is 0.272 e. The molecular formula is C16H21N3O. The van der Waals surface area contributed by atoms with Crippen molar-refractivity contribution in [1.29, 1.82) is 0 Å². The summed E-state index contributed by atoms with van der Waals surface area (Å²) in [6.45, 7) is 5.93. The van der Waals surface area contributed by atoms with Crippen LogP contribution in [0, 0.1) is 5.92 Å². The van der Waals surface area contributed by atoms with E-state index < -0.39 is 0 Å². The van der Waals surface area contributed by atoms with Gasteiger partial charge in [-0.15, -0.1) is 0 Å². The second kappa shape index (κ2) is 6.48. The Morgan fingerprint density at radius 3 is 2.75 bits per heavy atom. The molecule has 2 rings (SSSR count). The minimum Gasteiger partial charge on any atom is -0.337 e. The highest BCUT2D eigenvalue weighted by Gasteiger charge is 2.17. The van der Waals surface area contributed by atoms with Crippen LogP contribution in [0.3, 0.4) is 0 Å². The molecule has 2 N–H and O–H groups in total. The highest BCUT2D eigenvalue weighted by atomic mass is 16.2. The van der Waals surface area contributed by atoms with Crippen LogP contribution in [-0.4, -0.2) is 35.4 Å². The molecule has 20 heavy (non-hydrogen) atoms. The smallest absolute Gasteiger partial charge is 0.272 e. The zero-order chi connectivity index (χ0) is 14.5. The van der Waals surface area contributed by atoms with Gasteiger partial charge in [0.15, 0.2) is 0 Å². The molecule has 106 valence electrons. The number of aromatic nitrogens is 1. The van der Waals surface area contributed by atoms with Crippen LogP contribution in [0.25, 0.3) is 10.9 Å². The molecule has 0 radical (unpaired) electrons. The molecule has 1 aromatic carbocycles. The topological polar surface area (TPSA) is 59.2 Å². The maximum atomic E-state index is 12.5. The van der Waals surface area contributed by atoms with Gasteiger partial charge >= 0.3 is 0 Å². The molecule has 1 unspecified atom stereocenters. The van der Waals surface area contributed by atoms with Gasteiger partial charge in [0, 0.05) is 18.5 Å². The van der Waals surface area contributed by atoms with Crippen molar-refractivity contribution in [2.75, 3.05) is 19.6 Å². The SMILES string of the molecule is CCN(CC(C)CN)C(=O)c1ccc2ccccc2n1. The number of hydrogen-bond donors (Lipinski definition) is 1. The van der Waals surface area contributed by atoms with Crippen LogP contribution in [0.15, 0.2) is 36.4 Å². The van der Waals surface area contributed by atoms with E-state index in [1.165, 1.54) is 0 Å². The molecule has 4 nitrogen and oxygen atoms in total. The number of pyridine rings is 1. The first-order chi connectivity index (χ1) is 9.65. The van der Waals surface area contributed by atoms with Crippen molar-refractivity contribution < 1.29 is 4.79 Å². The van der Waals surface area contributed by atoms with Crippen molar-refractivity contribution in [1.82, 2.24) is 9.88 Å². The van der Waals surface area contributed by atoms with Crippen LogP contribution < -0.4 is 5.73 Å². The predicted molar refractivity (Wildman–Crippen MR) is 81.5 cm³/mol. The zero-order valence-electron chi connectivity index (χ0n) is 12.0. The molecule has 1 amide bonds. The first-order valence-electron chi connectivity index (χ1n) is 7.00. The number of benzene rings is 1. The Labute approximate surface area is 119 Å². The van der Waals surface area contributed by atoms with Crippen LogP contribution >= 0.6 is 0 Å². The van der Waals surface area contributed by atoms with Crippen molar-refractivity contribution in [3.8, 4) is 0 Å². The quantitative estimate of drug-likeness (QED) is 0.907. The molecule has 0 aliphatic heterocycles. The number of nitrogens with zero attached hydrogens (tertiary/aromatic N) is 2. The van der Waals surface area contributed by atoms with E-state index in [-0.39, 0.29) is 5.91 Å². The fourth-order valence-electron chi connectivity index (χ4n) is 2.15. The molecule has 0 aliphatic carbocycles. The van der Waals surface area contributed by atoms with Crippen LogP contribution in [-0.2, 0) is 0 Å². The highest BCUT2D eigenvalue weighted by Crippen LogP contribution is 2.13. The Balaban J connectivity index is 2.24. The van der Waals surface area contributed by atoms with Crippen LogP contribution in [0.1, 0.15) is 24.3 Å². The van der Waals surface area contributed by atoms with E-state index in [2.05, 4.69) is 4.98 Å². The second-order valence-corrected chi connectivity index (χ2v) is 5.07. The van der Waals surface area contributed by atoms with Crippen molar-refractivity contribution in [3.63, 3.8) is 0 Å². The third-order valence-electron chi connectivity index (χ3n) is 3.42. The number of para-hydroxylation sites is 1. The molecule has 0 saturated carbocycles. The van der Waals surface area contributed by atoms with Crippen molar-refractivity contribution >= 4 is 16.8 Å². The Bertz CT molecular complexity index is 597. The van der Waals surface area contributed by atoms with E-state index >= 15 is 0 Å². The van der Waals surface area contributed by atoms with Crippen molar-refractivity contribution in [2.24, 2.45) is 11.7 Å². The van der Waals surface area contributed by atoms with Gasteiger partial charge in [-0.3, -0.25) is 4.79 Å². The van der Waals surface area contributed by atoms with Gasteiger partial charge in [0.25, 0.3) is 5.91 Å². The fourth-order valence-corrected chi connectivity index (χ4v) is 2.15. The molecule has 1 atom stereocenters. The summed E-state index contributed by atoms with van der Waals surface area (Å²) >= 11 is 0. The van der Waals surface area contributed by atoms with E-state index in [0.29, 0.717) is 31.2 Å². The van der Waals surface area contributed by atoms with E-state index in [9.17, 15) is 4.79 Å². The monoisotopic (exact) mass is 271 g/mol. The minimum absolute atomic E-state index is 0.0291. The van der Waals surface area contributed by atoms with E-state index in [4.69, 9.17) is 5.73 Å². The lowest BCUT2D eigenvalue weighted by Crippen LogP contribution is -2.37. The van der Waals surface area contributed by atoms with Crippen LogP contribution in [0.4, 0.5) is 0 Å². The van der Waals surface area contributed by atoms with Gasteiger partial charge < -0.3 is 10.6 Å². The molecule has 0 aliphatic rings. The first kappa shape index (κ1) is 14.5. The largest absolute Gasteiger partial charge is 0.337 e. The number of amides is 1. The average molecular weight is 271 g/mol. The summed E-state index contributed by atoms with van der Waals surface area (Å²) in [4.78, 5) is 18.7. The number of nitrogens with two attached hydrogens (primary N) is 1. The summed E-state index contributed by atoms with van der Waals surface area (Å²) in [7, 11) is 0. The summed E-state index contributed by atoms with van der Waals surface area (Å²) in [6.07, 6.45) is 0. The lowest BCUT2D eigenvalue weighted by molar-refractivity contribution is 0.0738. The summed E-state index contributed by atoms with van der Waals surface area (Å²) < 4.78 is 0. The second-order valence-electron chi connectivity index (χ2n) is 5.07.